The van der Waals surface area contributed by atoms with Gasteiger partial charge in [-0.05, 0) is 47.6 Å². The van der Waals surface area contributed by atoms with Gasteiger partial charge < -0.3 is 5.32 Å². The molecule has 1 heterocycles. The lowest BCUT2D eigenvalue weighted by molar-refractivity contribution is 0.590. The SMILES string of the molecule is CCc1cccc(C)c1Nc1nc(-c2ccc(C(C)(C)C)cc2)nc2ccccc12. The Balaban J connectivity index is 1.83. The van der Waals surface area contributed by atoms with Gasteiger partial charge in [0.2, 0.25) is 0 Å². The fraction of sp³-hybridized carbons (Fsp3) is 0.259. The minimum Gasteiger partial charge on any atom is -0.339 e. The van der Waals surface area contributed by atoms with Crippen LogP contribution < -0.4 is 5.32 Å². The zero-order valence-electron chi connectivity index (χ0n) is 18.5. The molecule has 30 heavy (non-hydrogen) atoms. The number of para-hydroxylation sites is 2. The molecule has 1 aromatic heterocycles. The zero-order valence-corrected chi connectivity index (χ0v) is 18.5. The predicted octanol–water partition coefficient (Wildman–Crippen LogP) is 7.21. The van der Waals surface area contributed by atoms with E-state index in [4.69, 9.17) is 9.97 Å². The van der Waals surface area contributed by atoms with Crippen LogP contribution in [-0.2, 0) is 11.8 Å². The smallest absolute Gasteiger partial charge is 0.162 e. The molecule has 0 aliphatic carbocycles. The molecule has 3 heteroatoms. The summed E-state index contributed by atoms with van der Waals surface area (Å²) < 4.78 is 0. The zero-order chi connectivity index (χ0) is 21.3. The normalized spacial score (nSPS) is 11.6. The number of aromatic nitrogens is 2. The van der Waals surface area contributed by atoms with E-state index in [1.54, 1.807) is 0 Å². The predicted molar refractivity (Wildman–Crippen MR) is 128 cm³/mol. The van der Waals surface area contributed by atoms with Crippen molar-refractivity contribution in [2.45, 2.75) is 46.5 Å². The second kappa shape index (κ2) is 7.91. The van der Waals surface area contributed by atoms with E-state index >= 15 is 0 Å². The van der Waals surface area contributed by atoms with Crippen LogP contribution in [0.15, 0.2) is 66.7 Å². The lowest BCUT2D eigenvalue weighted by atomic mass is 9.87. The number of anilines is 2. The van der Waals surface area contributed by atoms with E-state index in [0.717, 1.165) is 40.2 Å². The first-order valence-electron chi connectivity index (χ1n) is 10.6. The fourth-order valence-electron chi connectivity index (χ4n) is 3.74. The van der Waals surface area contributed by atoms with Crippen molar-refractivity contribution in [1.82, 2.24) is 9.97 Å². The molecule has 0 radical (unpaired) electrons. The standard InChI is InChI=1S/C27H29N3/c1-6-19-11-9-10-18(2)24(19)29-26-22-12-7-8-13-23(22)28-25(30-26)20-14-16-21(17-15-20)27(3,4)5/h7-17H,6H2,1-5H3,(H,28,29,30). The molecule has 0 saturated carbocycles. The van der Waals surface area contributed by atoms with E-state index in [1.165, 1.54) is 16.7 Å². The molecule has 0 unspecified atom stereocenters. The number of aryl methyl sites for hydroxylation is 2. The number of hydrogen-bond donors (Lipinski definition) is 1. The van der Waals surface area contributed by atoms with Crippen LogP contribution in [0.5, 0.6) is 0 Å². The van der Waals surface area contributed by atoms with E-state index in [0.29, 0.717) is 0 Å². The summed E-state index contributed by atoms with van der Waals surface area (Å²) in [4.78, 5) is 9.81. The summed E-state index contributed by atoms with van der Waals surface area (Å²) in [5.41, 5.74) is 7.03. The van der Waals surface area contributed by atoms with Gasteiger partial charge in [0.15, 0.2) is 5.82 Å². The van der Waals surface area contributed by atoms with Gasteiger partial charge in [0.1, 0.15) is 5.82 Å². The molecule has 3 aromatic carbocycles. The lowest BCUT2D eigenvalue weighted by Gasteiger charge is -2.19. The maximum absolute atomic E-state index is 4.95. The number of benzene rings is 3. The highest BCUT2D eigenvalue weighted by molar-refractivity contribution is 5.92. The van der Waals surface area contributed by atoms with Crippen LogP contribution in [0.3, 0.4) is 0 Å². The lowest BCUT2D eigenvalue weighted by Crippen LogP contribution is -2.10. The highest BCUT2D eigenvalue weighted by atomic mass is 15.0. The summed E-state index contributed by atoms with van der Waals surface area (Å²) in [6, 6.07) is 23.2. The van der Waals surface area contributed by atoms with Crippen LogP contribution in [-0.4, -0.2) is 9.97 Å². The van der Waals surface area contributed by atoms with Crippen molar-refractivity contribution >= 4 is 22.4 Å². The first kappa shape index (κ1) is 20.1. The van der Waals surface area contributed by atoms with E-state index in [9.17, 15) is 0 Å². The van der Waals surface area contributed by atoms with Gasteiger partial charge in [0.25, 0.3) is 0 Å². The van der Waals surface area contributed by atoms with Crippen LogP contribution in [0.25, 0.3) is 22.3 Å². The maximum Gasteiger partial charge on any atom is 0.162 e. The van der Waals surface area contributed by atoms with E-state index in [2.05, 4.69) is 88.5 Å². The van der Waals surface area contributed by atoms with Gasteiger partial charge in [0.05, 0.1) is 5.52 Å². The fourth-order valence-corrected chi connectivity index (χ4v) is 3.74. The molecular weight excluding hydrogens is 366 g/mol. The molecule has 152 valence electrons. The number of nitrogens with one attached hydrogen (secondary N) is 1. The average molecular weight is 396 g/mol. The summed E-state index contributed by atoms with van der Waals surface area (Å²) in [5, 5.41) is 4.66. The van der Waals surface area contributed by atoms with E-state index in [-0.39, 0.29) is 5.41 Å². The highest BCUT2D eigenvalue weighted by Crippen LogP contribution is 2.31. The van der Waals surface area contributed by atoms with Gasteiger partial charge >= 0.3 is 0 Å². The molecule has 0 amide bonds. The Hall–Kier alpha value is -3.20. The second-order valence-electron chi connectivity index (χ2n) is 8.83. The summed E-state index contributed by atoms with van der Waals surface area (Å²) in [6.07, 6.45) is 0.966. The van der Waals surface area contributed by atoms with E-state index < -0.39 is 0 Å². The third-order valence-electron chi connectivity index (χ3n) is 5.60. The summed E-state index contributed by atoms with van der Waals surface area (Å²) in [7, 11) is 0. The number of rotatable bonds is 4. The molecule has 0 aliphatic heterocycles. The van der Waals surface area contributed by atoms with Crippen LogP contribution in [0, 0.1) is 6.92 Å². The largest absolute Gasteiger partial charge is 0.339 e. The Morgan fingerprint density at radius 2 is 1.57 bits per heavy atom. The molecule has 3 nitrogen and oxygen atoms in total. The molecule has 4 aromatic rings. The second-order valence-corrected chi connectivity index (χ2v) is 8.83. The average Bonchev–Trinajstić information content (AvgIpc) is 2.74. The van der Waals surface area contributed by atoms with Crippen LogP contribution in [0.1, 0.15) is 44.4 Å². The molecule has 0 fully saturated rings. The molecule has 0 aliphatic rings. The quantitative estimate of drug-likeness (QED) is 0.397. The molecule has 0 bridgehead atoms. The van der Waals surface area contributed by atoms with Crippen molar-refractivity contribution in [3.63, 3.8) is 0 Å². The Kier molecular flexibility index (Phi) is 5.29. The molecular formula is C27H29N3. The van der Waals surface area contributed by atoms with Crippen LogP contribution in [0.4, 0.5) is 11.5 Å². The Morgan fingerprint density at radius 3 is 2.27 bits per heavy atom. The summed E-state index contributed by atoms with van der Waals surface area (Å²) in [5.74, 6) is 1.59. The molecule has 0 saturated heterocycles. The maximum atomic E-state index is 4.95. The van der Waals surface area contributed by atoms with Crippen molar-refractivity contribution in [1.29, 1.82) is 0 Å². The molecule has 1 N–H and O–H groups in total. The van der Waals surface area contributed by atoms with E-state index in [1.807, 2.05) is 18.2 Å². The van der Waals surface area contributed by atoms with Gasteiger partial charge in [-0.25, -0.2) is 9.97 Å². The molecule has 0 spiro atoms. The molecule has 0 atom stereocenters. The first-order chi connectivity index (χ1) is 14.4. The van der Waals surface area contributed by atoms with Crippen LogP contribution >= 0.6 is 0 Å². The summed E-state index contributed by atoms with van der Waals surface area (Å²) in [6.45, 7) is 11.0. The van der Waals surface area contributed by atoms with Crippen molar-refractivity contribution in [2.24, 2.45) is 0 Å². The summed E-state index contributed by atoms with van der Waals surface area (Å²) >= 11 is 0. The monoisotopic (exact) mass is 395 g/mol. The first-order valence-corrected chi connectivity index (χ1v) is 10.6. The van der Waals surface area contributed by atoms with Crippen molar-refractivity contribution in [3.05, 3.63) is 83.4 Å². The van der Waals surface area contributed by atoms with Crippen molar-refractivity contribution in [2.75, 3.05) is 5.32 Å². The van der Waals surface area contributed by atoms with Crippen molar-refractivity contribution < 1.29 is 0 Å². The van der Waals surface area contributed by atoms with Crippen molar-refractivity contribution in [3.8, 4) is 11.4 Å². The minimum absolute atomic E-state index is 0.122. The minimum atomic E-state index is 0.122. The number of fused-ring (bicyclic) bond motifs is 1. The highest BCUT2D eigenvalue weighted by Gasteiger charge is 2.15. The van der Waals surface area contributed by atoms with Gasteiger partial charge in [-0.15, -0.1) is 0 Å². The van der Waals surface area contributed by atoms with Gasteiger partial charge in [-0.1, -0.05) is 82.3 Å². The Bertz CT molecular complexity index is 1190. The van der Waals surface area contributed by atoms with Gasteiger partial charge in [-0.3, -0.25) is 0 Å². The number of nitrogens with zero attached hydrogens (tertiary/aromatic N) is 2. The Morgan fingerprint density at radius 1 is 0.833 bits per heavy atom. The number of hydrogen-bond acceptors (Lipinski definition) is 3. The van der Waals surface area contributed by atoms with Gasteiger partial charge in [0, 0.05) is 16.6 Å². The van der Waals surface area contributed by atoms with Crippen LogP contribution in [0.2, 0.25) is 0 Å². The third kappa shape index (κ3) is 3.93. The molecule has 4 rings (SSSR count). The topological polar surface area (TPSA) is 37.8 Å². The van der Waals surface area contributed by atoms with Gasteiger partial charge in [-0.2, -0.15) is 0 Å². The third-order valence-corrected chi connectivity index (χ3v) is 5.60. The Labute approximate surface area is 179 Å².